The molecule has 1 aliphatic heterocycles. The first-order valence-electron chi connectivity index (χ1n) is 3.67. The summed E-state index contributed by atoms with van der Waals surface area (Å²) in [5.41, 5.74) is 0. The molecule has 62 valence electrons. The van der Waals surface area contributed by atoms with Crippen LogP contribution in [0.1, 0.15) is 6.42 Å². The Kier molecular flexibility index (Phi) is 2.46. The van der Waals surface area contributed by atoms with Crippen LogP contribution in [0.3, 0.4) is 0 Å². The molecule has 4 heteroatoms. The van der Waals surface area contributed by atoms with Crippen LogP contribution in [0.15, 0.2) is 4.99 Å². The van der Waals surface area contributed by atoms with Crippen molar-refractivity contribution in [1.29, 1.82) is 0 Å². The summed E-state index contributed by atoms with van der Waals surface area (Å²) in [5, 5.41) is 3.04. The molecule has 1 aliphatic rings. The van der Waals surface area contributed by atoms with Gasteiger partial charge in [0.05, 0.1) is 13.0 Å². The van der Waals surface area contributed by atoms with Gasteiger partial charge >= 0.3 is 0 Å². The Labute approximate surface area is 66.3 Å². The van der Waals surface area contributed by atoms with E-state index in [1.54, 1.807) is 19.0 Å². The zero-order valence-electron chi connectivity index (χ0n) is 6.92. The largest absolute Gasteiger partial charge is 0.372 e. The van der Waals surface area contributed by atoms with E-state index in [-0.39, 0.29) is 5.91 Å². The fraction of sp³-hybridized carbons (Fsp3) is 0.714. The highest BCUT2D eigenvalue weighted by molar-refractivity contribution is 6.00. The molecule has 4 nitrogen and oxygen atoms in total. The summed E-state index contributed by atoms with van der Waals surface area (Å²) in [6.45, 7) is 1.67. The molecule has 0 aliphatic carbocycles. The lowest BCUT2D eigenvalue weighted by Crippen LogP contribution is -2.29. The second kappa shape index (κ2) is 3.37. The molecule has 0 aromatic rings. The van der Waals surface area contributed by atoms with Crippen LogP contribution >= 0.6 is 0 Å². The summed E-state index contributed by atoms with van der Waals surface area (Å²) in [4.78, 5) is 16.8. The van der Waals surface area contributed by atoms with E-state index in [1.165, 1.54) is 0 Å². The Hall–Kier alpha value is -1.06. The standard InChI is InChI=1S/C7H13N3O/c1-10(2)7(11)5-6-8-3-4-9-6/h3-5H2,1-2H3,(H,8,9). The number of carbonyl (C=O) groups excluding carboxylic acids is 1. The predicted molar refractivity (Wildman–Crippen MR) is 43.6 cm³/mol. The zero-order valence-corrected chi connectivity index (χ0v) is 6.92. The summed E-state index contributed by atoms with van der Waals surface area (Å²) in [6.07, 6.45) is 0.410. The third kappa shape index (κ3) is 2.22. The molecular weight excluding hydrogens is 142 g/mol. The molecule has 1 rings (SSSR count). The SMILES string of the molecule is CN(C)C(=O)CC1=NCCN1. The molecule has 0 fully saturated rings. The van der Waals surface area contributed by atoms with Crippen molar-refractivity contribution >= 4 is 11.7 Å². The van der Waals surface area contributed by atoms with Crippen molar-refractivity contribution in [3.05, 3.63) is 0 Å². The van der Waals surface area contributed by atoms with Gasteiger partial charge in [0.2, 0.25) is 5.91 Å². The van der Waals surface area contributed by atoms with Crippen molar-refractivity contribution in [2.75, 3.05) is 27.2 Å². The van der Waals surface area contributed by atoms with Crippen LogP contribution in [0.4, 0.5) is 0 Å². The molecule has 0 aromatic carbocycles. The number of nitrogens with one attached hydrogen (secondary N) is 1. The van der Waals surface area contributed by atoms with Crippen molar-refractivity contribution in [3.63, 3.8) is 0 Å². The third-order valence-electron chi connectivity index (χ3n) is 1.56. The van der Waals surface area contributed by atoms with Gasteiger partial charge in [-0.1, -0.05) is 0 Å². The van der Waals surface area contributed by atoms with Gasteiger partial charge in [-0.3, -0.25) is 9.79 Å². The van der Waals surface area contributed by atoms with Crippen LogP contribution in [0.2, 0.25) is 0 Å². The highest BCUT2D eigenvalue weighted by Gasteiger charge is 2.11. The van der Waals surface area contributed by atoms with Crippen molar-refractivity contribution in [2.24, 2.45) is 4.99 Å². The molecule has 0 spiro atoms. The van der Waals surface area contributed by atoms with Crippen LogP contribution in [0.25, 0.3) is 0 Å². The van der Waals surface area contributed by atoms with E-state index < -0.39 is 0 Å². The summed E-state index contributed by atoms with van der Waals surface area (Å²) in [6, 6.07) is 0. The number of rotatable bonds is 2. The maximum Gasteiger partial charge on any atom is 0.229 e. The third-order valence-corrected chi connectivity index (χ3v) is 1.56. The van der Waals surface area contributed by atoms with Crippen LogP contribution in [-0.4, -0.2) is 43.8 Å². The lowest BCUT2D eigenvalue weighted by molar-refractivity contribution is -0.127. The molecule has 0 saturated heterocycles. The fourth-order valence-electron chi connectivity index (χ4n) is 0.867. The molecule has 0 atom stereocenters. The Balaban J connectivity index is 2.35. The first-order valence-corrected chi connectivity index (χ1v) is 3.67. The number of hydrogen-bond acceptors (Lipinski definition) is 3. The van der Waals surface area contributed by atoms with Gasteiger partial charge in [-0.05, 0) is 0 Å². The first-order chi connectivity index (χ1) is 5.20. The highest BCUT2D eigenvalue weighted by Crippen LogP contribution is 1.93. The molecule has 0 bridgehead atoms. The maximum absolute atomic E-state index is 11.1. The van der Waals surface area contributed by atoms with Gasteiger partial charge in [-0.2, -0.15) is 0 Å². The smallest absolute Gasteiger partial charge is 0.229 e. The lowest BCUT2D eigenvalue weighted by atomic mass is 10.3. The summed E-state index contributed by atoms with van der Waals surface area (Å²) in [7, 11) is 3.50. The van der Waals surface area contributed by atoms with Crippen LogP contribution in [0, 0.1) is 0 Å². The minimum absolute atomic E-state index is 0.0955. The van der Waals surface area contributed by atoms with E-state index in [9.17, 15) is 4.79 Å². The second-order valence-electron chi connectivity index (χ2n) is 2.72. The monoisotopic (exact) mass is 155 g/mol. The van der Waals surface area contributed by atoms with E-state index in [2.05, 4.69) is 10.3 Å². The molecular formula is C7H13N3O. The first kappa shape index (κ1) is 8.04. The van der Waals surface area contributed by atoms with E-state index in [1.807, 2.05) is 0 Å². The van der Waals surface area contributed by atoms with Gasteiger partial charge < -0.3 is 10.2 Å². The fourth-order valence-corrected chi connectivity index (χ4v) is 0.867. The number of nitrogens with zero attached hydrogens (tertiary/aromatic N) is 2. The van der Waals surface area contributed by atoms with Crippen molar-refractivity contribution in [2.45, 2.75) is 6.42 Å². The van der Waals surface area contributed by atoms with Gasteiger partial charge in [0.15, 0.2) is 0 Å². The molecule has 0 unspecified atom stereocenters. The number of amidine groups is 1. The average molecular weight is 155 g/mol. The number of carbonyl (C=O) groups is 1. The van der Waals surface area contributed by atoms with Gasteiger partial charge in [0, 0.05) is 20.6 Å². The minimum atomic E-state index is 0.0955. The summed E-state index contributed by atoms with van der Waals surface area (Å²) < 4.78 is 0. The van der Waals surface area contributed by atoms with E-state index in [4.69, 9.17) is 0 Å². The normalized spacial score (nSPS) is 15.6. The minimum Gasteiger partial charge on any atom is -0.372 e. The van der Waals surface area contributed by atoms with Crippen LogP contribution in [-0.2, 0) is 4.79 Å². The average Bonchev–Trinajstić information content (AvgIpc) is 2.39. The second-order valence-corrected chi connectivity index (χ2v) is 2.72. The summed E-state index contributed by atoms with van der Waals surface area (Å²) >= 11 is 0. The van der Waals surface area contributed by atoms with Crippen LogP contribution in [0.5, 0.6) is 0 Å². The molecule has 1 N–H and O–H groups in total. The Morgan fingerprint density at radius 3 is 2.91 bits per heavy atom. The van der Waals surface area contributed by atoms with Gasteiger partial charge in [-0.25, -0.2) is 0 Å². The predicted octanol–water partition coefficient (Wildman–Crippen LogP) is -0.534. The Bertz CT molecular complexity index is 186. The molecule has 0 saturated carbocycles. The van der Waals surface area contributed by atoms with E-state index in [0.717, 1.165) is 18.9 Å². The summed E-state index contributed by atoms with van der Waals surface area (Å²) in [5.74, 6) is 0.918. The molecule has 1 heterocycles. The van der Waals surface area contributed by atoms with Crippen molar-refractivity contribution in [3.8, 4) is 0 Å². The molecule has 0 aromatic heterocycles. The van der Waals surface area contributed by atoms with Gasteiger partial charge in [-0.15, -0.1) is 0 Å². The van der Waals surface area contributed by atoms with Gasteiger partial charge in [0.25, 0.3) is 0 Å². The number of amides is 1. The van der Waals surface area contributed by atoms with E-state index >= 15 is 0 Å². The zero-order chi connectivity index (χ0) is 8.27. The van der Waals surface area contributed by atoms with Gasteiger partial charge in [0.1, 0.15) is 5.84 Å². The maximum atomic E-state index is 11.1. The highest BCUT2D eigenvalue weighted by atomic mass is 16.2. The Morgan fingerprint density at radius 2 is 2.45 bits per heavy atom. The topological polar surface area (TPSA) is 44.7 Å². The Morgan fingerprint density at radius 1 is 1.73 bits per heavy atom. The van der Waals surface area contributed by atoms with Crippen molar-refractivity contribution in [1.82, 2.24) is 10.2 Å². The van der Waals surface area contributed by atoms with Crippen molar-refractivity contribution < 1.29 is 4.79 Å². The van der Waals surface area contributed by atoms with Crippen LogP contribution < -0.4 is 5.32 Å². The lowest BCUT2D eigenvalue weighted by Gasteiger charge is -2.09. The number of aliphatic imine (C=N–C) groups is 1. The van der Waals surface area contributed by atoms with E-state index in [0.29, 0.717) is 6.42 Å². The molecule has 1 amide bonds. The number of hydrogen-bond donors (Lipinski definition) is 1. The quantitative estimate of drug-likeness (QED) is 0.582. The molecule has 11 heavy (non-hydrogen) atoms. The molecule has 0 radical (unpaired) electrons.